The number of rotatable bonds is 0. The molecule has 0 spiro atoms. The Balaban J connectivity index is 3.29. The van der Waals surface area contributed by atoms with Gasteiger partial charge in [-0.3, -0.25) is 5.01 Å². The first-order chi connectivity index (χ1) is 7.34. The molecular formula is C15H28N2. The smallest absolute Gasteiger partial charge is 0.0367 e. The van der Waals surface area contributed by atoms with Crippen molar-refractivity contribution in [1.29, 1.82) is 0 Å². The zero-order valence-corrected chi connectivity index (χ0v) is 12.7. The fourth-order valence-corrected chi connectivity index (χ4v) is 2.17. The largest absolute Gasteiger partial charge is 0.287 e. The van der Waals surface area contributed by atoms with Gasteiger partial charge in [-0.05, 0) is 0 Å². The molecule has 1 aliphatic rings. The average molecular weight is 236 g/mol. The quantitative estimate of drug-likeness (QED) is 0.643. The fraction of sp³-hybridized carbons (Fsp3) is 0.733. The summed E-state index contributed by atoms with van der Waals surface area (Å²) in [6.45, 7) is 17.7. The maximum absolute atomic E-state index is 6.31. The van der Waals surface area contributed by atoms with Crippen molar-refractivity contribution in [3.05, 3.63) is 23.5 Å². The summed E-state index contributed by atoms with van der Waals surface area (Å²) < 4.78 is 0. The van der Waals surface area contributed by atoms with Crippen LogP contribution >= 0.6 is 0 Å². The van der Waals surface area contributed by atoms with Crippen molar-refractivity contribution in [2.24, 2.45) is 22.1 Å². The molecule has 2 heteroatoms. The molecule has 0 bridgehead atoms. The highest BCUT2D eigenvalue weighted by atomic mass is 15.4. The summed E-state index contributed by atoms with van der Waals surface area (Å²) in [4.78, 5) is 0. The van der Waals surface area contributed by atoms with E-state index >= 15 is 0 Å². The van der Waals surface area contributed by atoms with E-state index in [0.29, 0.717) is 0 Å². The second-order valence-corrected chi connectivity index (χ2v) is 7.75. The highest BCUT2D eigenvalue weighted by molar-refractivity contribution is 5.31. The number of hydrogen-bond donors (Lipinski definition) is 1. The zero-order valence-electron chi connectivity index (χ0n) is 12.7. The highest BCUT2D eigenvalue weighted by Gasteiger charge is 2.35. The van der Waals surface area contributed by atoms with Crippen LogP contribution < -0.4 is 5.84 Å². The molecule has 0 aliphatic carbocycles. The average Bonchev–Trinajstić information content (AvgIpc) is 2.04. The van der Waals surface area contributed by atoms with E-state index in [2.05, 4.69) is 67.5 Å². The third-order valence-electron chi connectivity index (χ3n) is 3.07. The van der Waals surface area contributed by atoms with Crippen molar-refractivity contribution in [3.8, 4) is 0 Å². The minimum Gasteiger partial charge on any atom is -0.287 e. The summed E-state index contributed by atoms with van der Waals surface area (Å²) >= 11 is 0. The third kappa shape index (κ3) is 3.12. The standard InChI is InChI=1S/C15H28N2/c1-13(2,3)11-9-15(7,8)10-12(17(11)16)14(4,5)6/h9-10H,16H2,1-8H3. The van der Waals surface area contributed by atoms with Gasteiger partial charge in [0.25, 0.3) is 0 Å². The van der Waals surface area contributed by atoms with E-state index in [-0.39, 0.29) is 16.2 Å². The topological polar surface area (TPSA) is 29.3 Å². The Morgan fingerprint density at radius 3 is 1.41 bits per heavy atom. The molecule has 1 heterocycles. The molecule has 0 aromatic rings. The molecule has 0 atom stereocenters. The molecule has 0 saturated carbocycles. The first-order valence-electron chi connectivity index (χ1n) is 6.36. The van der Waals surface area contributed by atoms with Gasteiger partial charge >= 0.3 is 0 Å². The molecule has 0 radical (unpaired) electrons. The normalized spacial score (nSPS) is 21.1. The minimum atomic E-state index is 0.0662. The molecule has 0 unspecified atom stereocenters. The van der Waals surface area contributed by atoms with Crippen LogP contribution in [0.4, 0.5) is 0 Å². The van der Waals surface area contributed by atoms with E-state index in [1.807, 2.05) is 5.01 Å². The lowest BCUT2D eigenvalue weighted by atomic mass is 9.77. The number of nitrogens with zero attached hydrogens (tertiary/aromatic N) is 1. The first-order valence-corrected chi connectivity index (χ1v) is 6.36. The zero-order chi connectivity index (χ0) is 13.6. The summed E-state index contributed by atoms with van der Waals surface area (Å²) in [5.41, 5.74) is 2.61. The molecular weight excluding hydrogens is 208 g/mol. The van der Waals surface area contributed by atoms with Crippen molar-refractivity contribution < 1.29 is 0 Å². The molecule has 0 amide bonds. The van der Waals surface area contributed by atoms with Crippen LogP contribution in [0.5, 0.6) is 0 Å². The Kier molecular flexibility index (Phi) is 3.26. The van der Waals surface area contributed by atoms with Gasteiger partial charge in [0, 0.05) is 27.6 Å². The molecule has 0 aromatic heterocycles. The molecule has 98 valence electrons. The molecule has 0 fully saturated rings. The molecule has 17 heavy (non-hydrogen) atoms. The van der Waals surface area contributed by atoms with Crippen LogP contribution in [0.25, 0.3) is 0 Å². The summed E-state index contributed by atoms with van der Waals surface area (Å²) in [7, 11) is 0. The number of hydrogen-bond acceptors (Lipinski definition) is 2. The van der Waals surface area contributed by atoms with E-state index in [4.69, 9.17) is 5.84 Å². The Bertz CT molecular complexity index is 325. The van der Waals surface area contributed by atoms with E-state index in [1.165, 1.54) is 11.4 Å². The molecule has 0 aromatic carbocycles. The maximum Gasteiger partial charge on any atom is 0.0367 e. The summed E-state index contributed by atoms with van der Waals surface area (Å²) in [6, 6.07) is 0. The van der Waals surface area contributed by atoms with Crippen molar-refractivity contribution in [2.75, 3.05) is 0 Å². The molecule has 1 rings (SSSR count). The van der Waals surface area contributed by atoms with Gasteiger partial charge in [-0.2, -0.15) is 0 Å². The third-order valence-corrected chi connectivity index (χ3v) is 3.07. The van der Waals surface area contributed by atoms with Crippen LogP contribution in [0.3, 0.4) is 0 Å². The van der Waals surface area contributed by atoms with Gasteiger partial charge in [-0.25, -0.2) is 5.84 Å². The molecule has 0 saturated heterocycles. The Labute approximate surface area is 107 Å². The number of allylic oxidation sites excluding steroid dienone is 4. The maximum atomic E-state index is 6.31. The SMILES string of the molecule is CC1(C)C=C(C(C)(C)C)N(N)C(C(C)(C)C)=C1. The monoisotopic (exact) mass is 236 g/mol. The molecule has 2 N–H and O–H groups in total. The van der Waals surface area contributed by atoms with Gasteiger partial charge in [0.1, 0.15) is 0 Å². The van der Waals surface area contributed by atoms with Gasteiger partial charge < -0.3 is 0 Å². The van der Waals surface area contributed by atoms with E-state index in [0.717, 1.165) is 0 Å². The summed E-state index contributed by atoms with van der Waals surface area (Å²) in [5.74, 6) is 6.31. The van der Waals surface area contributed by atoms with Crippen molar-refractivity contribution >= 4 is 0 Å². The minimum absolute atomic E-state index is 0.0662. The van der Waals surface area contributed by atoms with Crippen LogP contribution in [0.15, 0.2) is 23.5 Å². The van der Waals surface area contributed by atoms with Crippen molar-refractivity contribution in [1.82, 2.24) is 5.01 Å². The summed E-state index contributed by atoms with van der Waals surface area (Å²) in [6.07, 6.45) is 4.56. The summed E-state index contributed by atoms with van der Waals surface area (Å²) in [5, 5.41) is 1.88. The van der Waals surface area contributed by atoms with Gasteiger partial charge in [0.15, 0.2) is 0 Å². The number of nitrogens with two attached hydrogens (primary N) is 1. The Morgan fingerprint density at radius 2 is 1.18 bits per heavy atom. The lowest BCUT2D eigenvalue weighted by Gasteiger charge is -2.43. The highest BCUT2D eigenvalue weighted by Crippen LogP contribution is 2.42. The van der Waals surface area contributed by atoms with Crippen molar-refractivity contribution in [2.45, 2.75) is 55.4 Å². The second-order valence-electron chi connectivity index (χ2n) is 7.75. The Morgan fingerprint density at radius 1 is 0.882 bits per heavy atom. The van der Waals surface area contributed by atoms with Gasteiger partial charge in [0.05, 0.1) is 0 Å². The van der Waals surface area contributed by atoms with E-state index in [9.17, 15) is 0 Å². The predicted molar refractivity (Wildman–Crippen MR) is 74.9 cm³/mol. The lowest BCUT2D eigenvalue weighted by Crippen LogP contribution is -2.43. The van der Waals surface area contributed by atoms with Gasteiger partial charge in [0.2, 0.25) is 0 Å². The molecule has 1 aliphatic heterocycles. The second kappa shape index (κ2) is 3.88. The Hall–Kier alpha value is -0.760. The van der Waals surface area contributed by atoms with E-state index in [1.54, 1.807) is 0 Å². The van der Waals surface area contributed by atoms with Crippen LogP contribution in [-0.2, 0) is 0 Å². The fourth-order valence-electron chi connectivity index (χ4n) is 2.17. The van der Waals surface area contributed by atoms with Gasteiger partial charge in [-0.1, -0.05) is 67.5 Å². The van der Waals surface area contributed by atoms with E-state index < -0.39 is 0 Å². The number of hydrazine groups is 1. The van der Waals surface area contributed by atoms with Crippen LogP contribution in [0.2, 0.25) is 0 Å². The lowest BCUT2D eigenvalue weighted by molar-refractivity contribution is 0.245. The first kappa shape index (κ1) is 14.3. The van der Waals surface area contributed by atoms with Crippen molar-refractivity contribution in [3.63, 3.8) is 0 Å². The molecule has 2 nitrogen and oxygen atoms in total. The predicted octanol–water partition coefficient (Wildman–Crippen LogP) is 4.06. The van der Waals surface area contributed by atoms with Gasteiger partial charge in [-0.15, -0.1) is 0 Å². The van der Waals surface area contributed by atoms with Crippen LogP contribution in [0, 0.1) is 16.2 Å². The van der Waals surface area contributed by atoms with Crippen LogP contribution in [-0.4, -0.2) is 5.01 Å². The van der Waals surface area contributed by atoms with Crippen LogP contribution in [0.1, 0.15) is 55.4 Å².